The van der Waals surface area contributed by atoms with Gasteiger partial charge >= 0.3 is 0 Å². The van der Waals surface area contributed by atoms with Gasteiger partial charge in [0.15, 0.2) is 0 Å². The van der Waals surface area contributed by atoms with E-state index < -0.39 is 0 Å². The van der Waals surface area contributed by atoms with E-state index in [1.807, 2.05) is 4.90 Å². The molecule has 1 unspecified atom stereocenters. The standard InChI is InChI=1S/C12H24N2O3.ClH/c1-16-9-7-14(8-10-17-2)12(15)11-5-3-4-6-13-11;/h11,13H,3-10H2,1-2H3;1H. The minimum atomic E-state index is -0.0162. The topological polar surface area (TPSA) is 50.8 Å². The molecule has 18 heavy (non-hydrogen) atoms. The van der Waals surface area contributed by atoms with Crippen molar-refractivity contribution in [1.29, 1.82) is 0 Å². The number of carbonyl (C=O) groups is 1. The summed E-state index contributed by atoms with van der Waals surface area (Å²) in [6.07, 6.45) is 3.24. The molecule has 0 aromatic heterocycles. The Kier molecular flexibility index (Phi) is 10.3. The van der Waals surface area contributed by atoms with Gasteiger partial charge in [-0.2, -0.15) is 0 Å². The maximum absolute atomic E-state index is 12.3. The van der Waals surface area contributed by atoms with Gasteiger partial charge in [0.05, 0.1) is 19.3 Å². The van der Waals surface area contributed by atoms with Gasteiger partial charge in [-0.25, -0.2) is 0 Å². The monoisotopic (exact) mass is 280 g/mol. The molecule has 1 amide bonds. The number of methoxy groups -OCH3 is 2. The Morgan fingerprint density at radius 2 is 1.83 bits per heavy atom. The average molecular weight is 281 g/mol. The summed E-state index contributed by atoms with van der Waals surface area (Å²) in [6.45, 7) is 3.36. The van der Waals surface area contributed by atoms with Gasteiger partial charge in [0.2, 0.25) is 5.91 Å². The highest BCUT2D eigenvalue weighted by molar-refractivity contribution is 5.85. The Bertz CT molecular complexity index is 215. The van der Waals surface area contributed by atoms with Gasteiger partial charge in [-0.15, -0.1) is 12.4 Å². The molecular weight excluding hydrogens is 256 g/mol. The molecule has 0 radical (unpaired) electrons. The highest BCUT2D eigenvalue weighted by atomic mass is 35.5. The van der Waals surface area contributed by atoms with Crippen LogP contribution in [-0.2, 0) is 14.3 Å². The van der Waals surface area contributed by atoms with Crippen molar-refractivity contribution in [1.82, 2.24) is 10.2 Å². The smallest absolute Gasteiger partial charge is 0.239 e. The molecule has 1 heterocycles. The molecule has 1 N–H and O–H groups in total. The van der Waals surface area contributed by atoms with E-state index in [1.54, 1.807) is 14.2 Å². The van der Waals surface area contributed by atoms with Crippen LogP contribution in [0.15, 0.2) is 0 Å². The fraction of sp³-hybridized carbons (Fsp3) is 0.917. The molecule has 0 spiro atoms. The number of piperidine rings is 1. The molecule has 1 aliphatic heterocycles. The Balaban J connectivity index is 0.00000289. The summed E-state index contributed by atoms with van der Waals surface area (Å²) in [5.41, 5.74) is 0. The average Bonchev–Trinajstić information content (AvgIpc) is 2.39. The van der Waals surface area contributed by atoms with Crippen molar-refractivity contribution >= 4 is 18.3 Å². The largest absolute Gasteiger partial charge is 0.383 e. The van der Waals surface area contributed by atoms with Crippen LogP contribution in [0.1, 0.15) is 19.3 Å². The van der Waals surface area contributed by atoms with E-state index in [9.17, 15) is 4.79 Å². The van der Waals surface area contributed by atoms with Crippen molar-refractivity contribution in [2.24, 2.45) is 0 Å². The van der Waals surface area contributed by atoms with E-state index in [-0.39, 0.29) is 24.4 Å². The number of hydrogen-bond donors (Lipinski definition) is 1. The third-order valence-electron chi connectivity index (χ3n) is 3.05. The van der Waals surface area contributed by atoms with E-state index in [0.29, 0.717) is 26.3 Å². The van der Waals surface area contributed by atoms with E-state index in [0.717, 1.165) is 19.4 Å². The molecule has 1 rings (SSSR count). The van der Waals surface area contributed by atoms with Crippen LogP contribution in [0.3, 0.4) is 0 Å². The molecule has 1 aliphatic rings. The van der Waals surface area contributed by atoms with Crippen LogP contribution in [0.2, 0.25) is 0 Å². The third-order valence-corrected chi connectivity index (χ3v) is 3.05. The second-order valence-electron chi connectivity index (χ2n) is 4.31. The zero-order valence-corrected chi connectivity index (χ0v) is 12.1. The van der Waals surface area contributed by atoms with Crippen molar-refractivity contribution in [3.8, 4) is 0 Å². The van der Waals surface area contributed by atoms with Crippen molar-refractivity contribution in [3.63, 3.8) is 0 Å². The second-order valence-corrected chi connectivity index (χ2v) is 4.31. The van der Waals surface area contributed by atoms with E-state index >= 15 is 0 Å². The zero-order valence-electron chi connectivity index (χ0n) is 11.3. The van der Waals surface area contributed by atoms with Crippen molar-refractivity contribution in [2.45, 2.75) is 25.3 Å². The molecule has 0 aromatic rings. The molecule has 0 aromatic carbocycles. The van der Waals surface area contributed by atoms with Crippen molar-refractivity contribution < 1.29 is 14.3 Å². The SMILES string of the molecule is COCCN(CCOC)C(=O)C1CCCCN1.Cl. The number of ether oxygens (including phenoxy) is 2. The highest BCUT2D eigenvalue weighted by Gasteiger charge is 2.25. The molecule has 108 valence electrons. The molecule has 1 atom stereocenters. The summed E-state index contributed by atoms with van der Waals surface area (Å²) in [5, 5.41) is 3.28. The lowest BCUT2D eigenvalue weighted by atomic mass is 10.0. The van der Waals surface area contributed by atoms with Crippen molar-refractivity contribution in [3.05, 3.63) is 0 Å². The lowest BCUT2D eigenvalue weighted by Crippen LogP contribution is -2.50. The van der Waals surface area contributed by atoms with E-state index in [1.165, 1.54) is 6.42 Å². The van der Waals surface area contributed by atoms with Crippen LogP contribution in [-0.4, -0.2) is 63.9 Å². The van der Waals surface area contributed by atoms with E-state index in [2.05, 4.69) is 5.32 Å². The van der Waals surface area contributed by atoms with Crippen LogP contribution in [0.25, 0.3) is 0 Å². The maximum Gasteiger partial charge on any atom is 0.239 e. The number of halogens is 1. The Morgan fingerprint density at radius 3 is 2.28 bits per heavy atom. The highest BCUT2D eigenvalue weighted by Crippen LogP contribution is 2.09. The predicted octanol–water partition coefficient (Wildman–Crippen LogP) is 0.672. The fourth-order valence-corrected chi connectivity index (χ4v) is 2.02. The number of hydrogen-bond acceptors (Lipinski definition) is 4. The van der Waals surface area contributed by atoms with Crippen LogP contribution < -0.4 is 5.32 Å². The normalized spacial score (nSPS) is 19.1. The van der Waals surface area contributed by atoms with Gasteiger partial charge in [0.1, 0.15) is 0 Å². The van der Waals surface area contributed by atoms with Gasteiger partial charge in [-0.3, -0.25) is 4.79 Å². The quantitative estimate of drug-likeness (QED) is 0.745. The summed E-state index contributed by atoms with van der Waals surface area (Å²) in [5.74, 6) is 0.179. The zero-order chi connectivity index (χ0) is 12.5. The molecule has 0 aliphatic carbocycles. The van der Waals surface area contributed by atoms with Gasteiger partial charge in [-0.05, 0) is 19.4 Å². The first kappa shape index (κ1) is 17.6. The third kappa shape index (κ3) is 6.00. The molecule has 0 bridgehead atoms. The van der Waals surface area contributed by atoms with Gasteiger partial charge in [-0.1, -0.05) is 6.42 Å². The van der Waals surface area contributed by atoms with Gasteiger partial charge in [0.25, 0.3) is 0 Å². The summed E-state index contributed by atoms with van der Waals surface area (Å²) in [4.78, 5) is 14.1. The first-order chi connectivity index (χ1) is 8.29. The second kappa shape index (κ2) is 10.6. The molecule has 6 heteroatoms. The lowest BCUT2D eigenvalue weighted by molar-refractivity contribution is -0.135. The minimum absolute atomic E-state index is 0. The minimum Gasteiger partial charge on any atom is -0.383 e. The van der Waals surface area contributed by atoms with Crippen molar-refractivity contribution in [2.75, 3.05) is 47.1 Å². The number of nitrogens with zero attached hydrogens (tertiary/aromatic N) is 1. The fourth-order valence-electron chi connectivity index (χ4n) is 2.02. The number of amides is 1. The van der Waals surface area contributed by atoms with Crippen LogP contribution in [0.4, 0.5) is 0 Å². The first-order valence-corrected chi connectivity index (χ1v) is 6.29. The van der Waals surface area contributed by atoms with Crippen LogP contribution in [0.5, 0.6) is 0 Å². The Labute approximate surface area is 116 Å². The summed E-state index contributed by atoms with van der Waals surface area (Å²) in [6, 6.07) is -0.0162. The molecule has 1 fully saturated rings. The molecular formula is C12H25ClN2O3. The van der Waals surface area contributed by atoms with E-state index in [4.69, 9.17) is 9.47 Å². The lowest BCUT2D eigenvalue weighted by Gasteiger charge is -2.29. The summed E-state index contributed by atoms with van der Waals surface area (Å²) < 4.78 is 10.1. The maximum atomic E-state index is 12.3. The number of carbonyl (C=O) groups excluding carboxylic acids is 1. The Morgan fingerprint density at radius 1 is 1.22 bits per heavy atom. The predicted molar refractivity (Wildman–Crippen MR) is 73.2 cm³/mol. The van der Waals surface area contributed by atoms with Crippen LogP contribution in [0, 0.1) is 0 Å². The van der Waals surface area contributed by atoms with Gasteiger partial charge < -0.3 is 19.7 Å². The number of nitrogens with one attached hydrogen (secondary N) is 1. The van der Waals surface area contributed by atoms with Crippen LogP contribution >= 0.6 is 12.4 Å². The molecule has 1 saturated heterocycles. The first-order valence-electron chi connectivity index (χ1n) is 6.29. The molecule has 0 saturated carbocycles. The number of rotatable bonds is 7. The summed E-state index contributed by atoms with van der Waals surface area (Å²) >= 11 is 0. The Hall–Kier alpha value is -0.360. The molecule has 5 nitrogen and oxygen atoms in total. The summed E-state index contributed by atoms with van der Waals surface area (Å²) in [7, 11) is 3.30. The van der Waals surface area contributed by atoms with Gasteiger partial charge in [0, 0.05) is 27.3 Å².